The number of benzene rings is 1. The number of fused-ring (bicyclic) bond motifs is 1. The van der Waals surface area contributed by atoms with Crippen LogP contribution in [0.4, 0.5) is 11.6 Å². The quantitative estimate of drug-likeness (QED) is 0.404. The summed E-state index contributed by atoms with van der Waals surface area (Å²) in [6.45, 7) is 5.77. The van der Waals surface area contributed by atoms with Crippen LogP contribution in [0, 0.1) is 6.92 Å². The van der Waals surface area contributed by atoms with Gasteiger partial charge in [0.15, 0.2) is 0 Å². The van der Waals surface area contributed by atoms with Crippen molar-refractivity contribution < 1.29 is 14.4 Å². The summed E-state index contributed by atoms with van der Waals surface area (Å²) in [5.74, 6) is 1.39. The fraction of sp³-hybridized carbons (Fsp3) is 0.381. The molecule has 3 N–H and O–H groups in total. The summed E-state index contributed by atoms with van der Waals surface area (Å²) in [4.78, 5) is 46.4. The molecule has 0 spiro atoms. The molecular weight excluding hydrogens is 384 g/mol. The van der Waals surface area contributed by atoms with Crippen molar-refractivity contribution in [3.8, 4) is 0 Å². The number of aryl methyl sites for hydroxylation is 1. The normalized spacial score (nSPS) is 12.7. The van der Waals surface area contributed by atoms with Gasteiger partial charge < -0.3 is 16.0 Å². The van der Waals surface area contributed by atoms with Gasteiger partial charge in [0.1, 0.15) is 17.5 Å². The Labute approximate surface area is 175 Å². The molecule has 0 saturated carbocycles. The third kappa shape index (κ3) is 5.11. The number of amides is 3. The maximum absolute atomic E-state index is 12.3. The lowest BCUT2D eigenvalue weighted by atomic mass is 10.1. The molecule has 1 aliphatic rings. The van der Waals surface area contributed by atoms with E-state index in [1.165, 1.54) is 4.90 Å². The monoisotopic (exact) mass is 410 g/mol. The molecule has 0 radical (unpaired) electrons. The zero-order valence-electron chi connectivity index (χ0n) is 17.2. The second-order valence-electron chi connectivity index (χ2n) is 6.90. The van der Waals surface area contributed by atoms with E-state index in [0.717, 1.165) is 12.4 Å². The van der Waals surface area contributed by atoms with Crippen molar-refractivity contribution in [2.24, 2.45) is 0 Å². The van der Waals surface area contributed by atoms with E-state index in [1.54, 1.807) is 24.3 Å². The third-order valence-corrected chi connectivity index (χ3v) is 4.61. The van der Waals surface area contributed by atoms with E-state index >= 15 is 0 Å². The van der Waals surface area contributed by atoms with Crippen molar-refractivity contribution >= 4 is 29.4 Å². The van der Waals surface area contributed by atoms with E-state index in [-0.39, 0.29) is 30.7 Å². The first-order valence-electron chi connectivity index (χ1n) is 10.0. The predicted molar refractivity (Wildman–Crippen MR) is 113 cm³/mol. The first kappa shape index (κ1) is 21.2. The van der Waals surface area contributed by atoms with Crippen LogP contribution in [0.25, 0.3) is 0 Å². The summed E-state index contributed by atoms with van der Waals surface area (Å²) >= 11 is 0. The number of nitrogens with zero attached hydrogens (tertiary/aromatic N) is 3. The second kappa shape index (κ2) is 9.82. The van der Waals surface area contributed by atoms with Crippen LogP contribution < -0.4 is 16.0 Å². The minimum Gasteiger partial charge on any atom is -0.370 e. The summed E-state index contributed by atoms with van der Waals surface area (Å²) in [5, 5.41) is 9.13. The van der Waals surface area contributed by atoms with E-state index in [4.69, 9.17) is 0 Å². The van der Waals surface area contributed by atoms with Crippen molar-refractivity contribution in [2.75, 3.05) is 36.8 Å². The molecule has 1 aromatic heterocycles. The molecular formula is C21H26N6O3. The number of rotatable bonds is 10. The van der Waals surface area contributed by atoms with Crippen LogP contribution in [0.15, 0.2) is 30.3 Å². The Morgan fingerprint density at radius 3 is 2.27 bits per heavy atom. The molecule has 9 heteroatoms. The van der Waals surface area contributed by atoms with Gasteiger partial charge in [0.05, 0.1) is 11.1 Å². The molecule has 158 valence electrons. The van der Waals surface area contributed by atoms with Crippen molar-refractivity contribution in [1.29, 1.82) is 0 Å². The lowest BCUT2D eigenvalue weighted by molar-refractivity contribution is -0.121. The minimum absolute atomic E-state index is 0.124. The molecule has 0 bridgehead atoms. The van der Waals surface area contributed by atoms with Crippen molar-refractivity contribution in [3.63, 3.8) is 0 Å². The molecule has 2 heterocycles. The summed E-state index contributed by atoms with van der Waals surface area (Å²) in [6, 6.07) is 8.59. The third-order valence-electron chi connectivity index (χ3n) is 4.61. The van der Waals surface area contributed by atoms with Gasteiger partial charge in [0.2, 0.25) is 5.91 Å². The van der Waals surface area contributed by atoms with Crippen molar-refractivity contribution in [1.82, 2.24) is 20.2 Å². The zero-order chi connectivity index (χ0) is 21.5. The van der Waals surface area contributed by atoms with Crippen molar-refractivity contribution in [2.45, 2.75) is 26.7 Å². The lowest BCUT2D eigenvalue weighted by Crippen LogP contribution is -2.33. The molecule has 0 saturated heterocycles. The van der Waals surface area contributed by atoms with Gasteiger partial charge >= 0.3 is 0 Å². The molecule has 2 aromatic rings. The van der Waals surface area contributed by atoms with Gasteiger partial charge in [0, 0.05) is 38.7 Å². The van der Waals surface area contributed by atoms with Crippen LogP contribution in [0.3, 0.4) is 0 Å². The molecule has 30 heavy (non-hydrogen) atoms. The van der Waals surface area contributed by atoms with Gasteiger partial charge in [-0.2, -0.15) is 0 Å². The van der Waals surface area contributed by atoms with Crippen LogP contribution in [0.1, 0.15) is 46.3 Å². The highest BCUT2D eigenvalue weighted by Gasteiger charge is 2.34. The standard InChI is InChI=1S/C21H26N6O3/c1-3-22-17-13-18(26-14(2)25-17)23-10-11-24-19(28)9-6-12-27-20(29)15-7-4-5-8-16(15)21(27)30/h4-5,7-8,13H,3,6,9-12H2,1-2H3,(H,24,28)(H2,22,23,25,26). The van der Waals surface area contributed by atoms with E-state index in [1.807, 2.05) is 19.9 Å². The van der Waals surface area contributed by atoms with Gasteiger partial charge in [-0.15, -0.1) is 0 Å². The van der Waals surface area contributed by atoms with Crippen LogP contribution in [-0.4, -0.2) is 58.8 Å². The molecule has 0 unspecified atom stereocenters. The van der Waals surface area contributed by atoms with Crippen LogP contribution >= 0.6 is 0 Å². The summed E-state index contributed by atoms with van der Waals surface area (Å²) in [7, 11) is 0. The second-order valence-corrected chi connectivity index (χ2v) is 6.90. The maximum atomic E-state index is 12.3. The Hall–Kier alpha value is -3.49. The van der Waals surface area contributed by atoms with Gasteiger partial charge in [-0.3, -0.25) is 19.3 Å². The zero-order valence-corrected chi connectivity index (χ0v) is 17.2. The van der Waals surface area contributed by atoms with Gasteiger partial charge in [0.25, 0.3) is 11.8 Å². The maximum Gasteiger partial charge on any atom is 0.261 e. The van der Waals surface area contributed by atoms with Crippen LogP contribution in [0.5, 0.6) is 0 Å². The highest BCUT2D eigenvalue weighted by Crippen LogP contribution is 2.22. The number of anilines is 2. The molecule has 0 fully saturated rings. The first-order chi connectivity index (χ1) is 14.5. The topological polar surface area (TPSA) is 116 Å². The number of nitrogens with one attached hydrogen (secondary N) is 3. The highest BCUT2D eigenvalue weighted by atomic mass is 16.2. The van der Waals surface area contributed by atoms with Crippen LogP contribution in [-0.2, 0) is 4.79 Å². The highest BCUT2D eigenvalue weighted by molar-refractivity contribution is 6.21. The van der Waals surface area contributed by atoms with Gasteiger partial charge in [-0.05, 0) is 32.4 Å². The van der Waals surface area contributed by atoms with Crippen LogP contribution in [0.2, 0.25) is 0 Å². The summed E-state index contributed by atoms with van der Waals surface area (Å²) in [6.07, 6.45) is 0.659. The fourth-order valence-corrected chi connectivity index (χ4v) is 3.25. The van der Waals surface area contributed by atoms with E-state index in [0.29, 0.717) is 42.3 Å². The van der Waals surface area contributed by atoms with E-state index in [9.17, 15) is 14.4 Å². The number of imide groups is 1. The average molecular weight is 410 g/mol. The fourth-order valence-electron chi connectivity index (χ4n) is 3.25. The molecule has 3 amide bonds. The molecule has 0 aliphatic carbocycles. The van der Waals surface area contributed by atoms with Gasteiger partial charge in [-0.1, -0.05) is 12.1 Å². The number of carbonyl (C=O) groups is 3. The molecule has 1 aromatic carbocycles. The Kier molecular flexibility index (Phi) is 6.95. The molecule has 1 aliphatic heterocycles. The average Bonchev–Trinajstić information content (AvgIpc) is 2.96. The largest absolute Gasteiger partial charge is 0.370 e. The molecule has 3 rings (SSSR count). The number of aromatic nitrogens is 2. The van der Waals surface area contributed by atoms with E-state index < -0.39 is 0 Å². The Balaban J connectivity index is 1.36. The number of carbonyl (C=O) groups excluding carboxylic acids is 3. The number of hydrogen-bond acceptors (Lipinski definition) is 7. The Morgan fingerprint density at radius 1 is 1.00 bits per heavy atom. The SMILES string of the molecule is CCNc1cc(NCCNC(=O)CCCN2C(=O)c3ccccc3C2=O)nc(C)n1. The number of hydrogen-bond donors (Lipinski definition) is 3. The smallest absolute Gasteiger partial charge is 0.261 e. The van der Waals surface area contributed by atoms with Crippen molar-refractivity contribution in [3.05, 3.63) is 47.3 Å². The minimum atomic E-state index is -0.294. The predicted octanol–water partition coefficient (Wildman–Crippen LogP) is 1.82. The van der Waals surface area contributed by atoms with E-state index in [2.05, 4.69) is 25.9 Å². The Bertz CT molecular complexity index is 911. The molecule has 0 atom stereocenters. The van der Waals surface area contributed by atoms with Gasteiger partial charge in [-0.25, -0.2) is 9.97 Å². The summed E-state index contributed by atoms with van der Waals surface area (Å²) < 4.78 is 0. The Morgan fingerprint density at radius 2 is 1.63 bits per heavy atom. The lowest BCUT2D eigenvalue weighted by Gasteiger charge is -2.13. The summed E-state index contributed by atoms with van der Waals surface area (Å²) in [5.41, 5.74) is 0.852. The first-order valence-corrected chi connectivity index (χ1v) is 10.0. The molecule has 9 nitrogen and oxygen atoms in total.